The molecule has 1 aromatic carbocycles. The second-order valence-electron chi connectivity index (χ2n) is 4.17. The zero-order valence-electron chi connectivity index (χ0n) is 9.36. The summed E-state index contributed by atoms with van der Waals surface area (Å²) in [6.45, 7) is 4.77. The van der Waals surface area contributed by atoms with Crippen LogP contribution in [0.25, 0.3) is 0 Å². The molecule has 1 aromatic rings. The van der Waals surface area contributed by atoms with E-state index in [2.05, 4.69) is 17.6 Å². The van der Waals surface area contributed by atoms with E-state index in [4.69, 9.17) is 0 Å². The minimum Gasteiger partial charge on any atom is -0.378 e. The van der Waals surface area contributed by atoms with Crippen LogP contribution in [0.4, 0.5) is 11.4 Å². The van der Waals surface area contributed by atoms with E-state index in [0.717, 1.165) is 5.56 Å². The molecule has 0 aliphatic carbocycles. The van der Waals surface area contributed by atoms with Gasteiger partial charge in [0.25, 0.3) is 5.69 Å². The zero-order chi connectivity index (χ0) is 11.7. The number of nitro groups is 1. The third-order valence-corrected chi connectivity index (χ3v) is 2.86. The van der Waals surface area contributed by atoms with Gasteiger partial charge in [-0.2, -0.15) is 0 Å². The molecule has 0 spiro atoms. The van der Waals surface area contributed by atoms with E-state index in [1.165, 1.54) is 6.07 Å². The first kappa shape index (κ1) is 10.9. The average Bonchev–Trinajstić information content (AvgIpc) is 2.38. The fraction of sp³-hybridized carbons (Fsp3) is 0.455. The zero-order valence-corrected chi connectivity index (χ0v) is 9.36. The number of nitrogens with one attached hydrogen (secondary N) is 2. The molecule has 0 amide bonds. The van der Waals surface area contributed by atoms with Crippen molar-refractivity contribution in [1.29, 1.82) is 0 Å². The van der Waals surface area contributed by atoms with Crippen molar-refractivity contribution in [3.05, 3.63) is 33.9 Å². The van der Waals surface area contributed by atoms with Crippen LogP contribution in [0.5, 0.6) is 0 Å². The largest absolute Gasteiger partial charge is 0.378 e. The number of nitro benzene ring substituents is 1. The van der Waals surface area contributed by atoms with Gasteiger partial charge in [-0.15, -0.1) is 0 Å². The molecule has 1 heterocycles. The topological polar surface area (TPSA) is 67.2 Å². The van der Waals surface area contributed by atoms with Crippen molar-refractivity contribution in [2.45, 2.75) is 25.9 Å². The maximum atomic E-state index is 10.9. The van der Waals surface area contributed by atoms with Crippen LogP contribution in [0.1, 0.15) is 25.5 Å². The summed E-state index contributed by atoms with van der Waals surface area (Å²) in [5.41, 5.74) is 1.76. The second-order valence-corrected chi connectivity index (χ2v) is 4.17. The summed E-state index contributed by atoms with van der Waals surface area (Å²) >= 11 is 0. The number of benzene rings is 1. The standard InChI is InChI=1S/C11H15N3O2/c1-7-6-12-11-9(8(2)13-7)4-3-5-10(11)14(15)16/h3-5,7-8,12-13H,6H2,1-2H3/t7-,8+/m1/s1. The quantitative estimate of drug-likeness (QED) is 0.562. The van der Waals surface area contributed by atoms with Crippen molar-refractivity contribution < 1.29 is 4.92 Å². The van der Waals surface area contributed by atoms with Gasteiger partial charge in [-0.25, -0.2) is 0 Å². The molecule has 0 fully saturated rings. The molecule has 0 saturated carbocycles. The predicted octanol–water partition coefficient (Wildman–Crippen LogP) is 2.06. The van der Waals surface area contributed by atoms with Crippen molar-refractivity contribution in [3.8, 4) is 0 Å². The predicted molar refractivity (Wildman–Crippen MR) is 62.6 cm³/mol. The van der Waals surface area contributed by atoms with Crippen molar-refractivity contribution in [3.63, 3.8) is 0 Å². The van der Waals surface area contributed by atoms with Crippen molar-refractivity contribution in [2.75, 3.05) is 11.9 Å². The summed E-state index contributed by atoms with van der Waals surface area (Å²) in [6, 6.07) is 5.61. The Labute approximate surface area is 94.0 Å². The molecule has 0 saturated heterocycles. The molecular formula is C11H15N3O2. The fourth-order valence-corrected chi connectivity index (χ4v) is 2.09. The minimum absolute atomic E-state index is 0.125. The molecule has 16 heavy (non-hydrogen) atoms. The molecule has 0 radical (unpaired) electrons. The van der Waals surface area contributed by atoms with Crippen LogP contribution in [0.2, 0.25) is 0 Å². The fourth-order valence-electron chi connectivity index (χ4n) is 2.09. The molecule has 5 nitrogen and oxygen atoms in total. The Morgan fingerprint density at radius 3 is 2.88 bits per heavy atom. The van der Waals surface area contributed by atoms with E-state index in [1.807, 2.05) is 13.0 Å². The third-order valence-electron chi connectivity index (χ3n) is 2.86. The van der Waals surface area contributed by atoms with Gasteiger partial charge in [0, 0.05) is 24.7 Å². The summed E-state index contributed by atoms with van der Waals surface area (Å²) in [4.78, 5) is 10.6. The van der Waals surface area contributed by atoms with E-state index in [0.29, 0.717) is 18.3 Å². The highest BCUT2D eigenvalue weighted by Gasteiger charge is 2.24. The Balaban J connectivity index is 2.50. The number of hydrogen-bond acceptors (Lipinski definition) is 4. The summed E-state index contributed by atoms with van der Waals surface area (Å²) < 4.78 is 0. The van der Waals surface area contributed by atoms with Gasteiger partial charge in [0.05, 0.1) is 4.92 Å². The maximum absolute atomic E-state index is 10.9. The highest BCUT2D eigenvalue weighted by atomic mass is 16.6. The number of rotatable bonds is 1. The Kier molecular flexibility index (Phi) is 2.78. The van der Waals surface area contributed by atoms with Crippen LogP contribution in [0.3, 0.4) is 0 Å². The molecule has 1 aliphatic heterocycles. The van der Waals surface area contributed by atoms with Gasteiger partial charge in [-0.05, 0) is 19.4 Å². The monoisotopic (exact) mass is 221 g/mol. The van der Waals surface area contributed by atoms with Crippen molar-refractivity contribution >= 4 is 11.4 Å². The van der Waals surface area contributed by atoms with Crippen molar-refractivity contribution in [1.82, 2.24) is 5.32 Å². The second kappa shape index (κ2) is 4.09. The normalized spacial score (nSPS) is 24.1. The van der Waals surface area contributed by atoms with Gasteiger partial charge >= 0.3 is 0 Å². The van der Waals surface area contributed by atoms with Gasteiger partial charge in [0.1, 0.15) is 5.69 Å². The van der Waals surface area contributed by atoms with E-state index in [-0.39, 0.29) is 16.7 Å². The van der Waals surface area contributed by atoms with Gasteiger partial charge in [0.15, 0.2) is 0 Å². The lowest BCUT2D eigenvalue weighted by Gasteiger charge is -2.15. The molecule has 2 rings (SSSR count). The molecule has 0 unspecified atom stereocenters. The summed E-state index contributed by atoms with van der Waals surface area (Å²) in [5.74, 6) is 0. The molecule has 86 valence electrons. The Hall–Kier alpha value is -1.62. The maximum Gasteiger partial charge on any atom is 0.292 e. The first-order valence-corrected chi connectivity index (χ1v) is 5.37. The van der Waals surface area contributed by atoms with E-state index >= 15 is 0 Å². The lowest BCUT2D eigenvalue weighted by Crippen LogP contribution is -2.31. The molecule has 2 atom stereocenters. The van der Waals surface area contributed by atoms with Crippen LogP contribution in [0.15, 0.2) is 18.2 Å². The van der Waals surface area contributed by atoms with E-state index < -0.39 is 0 Å². The summed E-state index contributed by atoms with van der Waals surface area (Å²) in [7, 11) is 0. The SMILES string of the molecule is C[C@@H]1CNc2c(cccc2[N+](=O)[O-])[C@H](C)N1. The summed E-state index contributed by atoms with van der Waals surface area (Å²) in [6.07, 6.45) is 0. The molecule has 2 N–H and O–H groups in total. The van der Waals surface area contributed by atoms with Crippen LogP contribution >= 0.6 is 0 Å². The highest BCUT2D eigenvalue weighted by Crippen LogP contribution is 2.33. The van der Waals surface area contributed by atoms with Crippen LogP contribution in [-0.4, -0.2) is 17.5 Å². The van der Waals surface area contributed by atoms with Gasteiger partial charge in [-0.1, -0.05) is 12.1 Å². The van der Waals surface area contributed by atoms with Gasteiger partial charge < -0.3 is 10.6 Å². The average molecular weight is 221 g/mol. The summed E-state index contributed by atoms with van der Waals surface area (Å²) in [5, 5.41) is 17.4. The van der Waals surface area contributed by atoms with E-state index in [9.17, 15) is 10.1 Å². The van der Waals surface area contributed by atoms with Crippen LogP contribution in [-0.2, 0) is 0 Å². The Bertz CT molecular complexity index is 420. The Morgan fingerprint density at radius 1 is 1.44 bits per heavy atom. The minimum atomic E-state index is -0.339. The molecule has 1 aliphatic rings. The van der Waals surface area contributed by atoms with Gasteiger partial charge in [-0.3, -0.25) is 10.1 Å². The highest BCUT2D eigenvalue weighted by molar-refractivity contribution is 5.67. The van der Waals surface area contributed by atoms with E-state index in [1.54, 1.807) is 6.07 Å². The number of nitrogens with zero attached hydrogens (tertiary/aromatic N) is 1. The molecule has 0 aromatic heterocycles. The van der Waals surface area contributed by atoms with Crippen molar-refractivity contribution in [2.24, 2.45) is 0 Å². The number of hydrogen-bond donors (Lipinski definition) is 2. The smallest absolute Gasteiger partial charge is 0.292 e. The molecule has 0 bridgehead atoms. The van der Waals surface area contributed by atoms with Crippen LogP contribution in [0, 0.1) is 10.1 Å². The van der Waals surface area contributed by atoms with Crippen LogP contribution < -0.4 is 10.6 Å². The lowest BCUT2D eigenvalue weighted by molar-refractivity contribution is -0.384. The molecular weight excluding hydrogens is 206 g/mol. The number of fused-ring (bicyclic) bond motifs is 1. The Morgan fingerprint density at radius 2 is 2.19 bits per heavy atom. The van der Waals surface area contributed by atoms with Gasteiger partial charge in [0.2, 0.25) is 0 Å². The first-order valence-electron chi connectivity index (χ1n) is 5.37. The first-order chi connectivity index (χ1) is 7.59. The third kappa shape index (κ3) is 1.86. The number of para-hydroxylation sites is 1. The number of anilines is 1. The lowest BCUT2D eigenvalue weighted by atomic mass is 10.1. The molecule has 5 heteroatoms.